The van der Waals surface area contributed by atoms with Crippen LogP contribution in [0.2, 0.25) is 0 Å². The molecule has 0 rings (SSSR count). The van der Waals surface area contributed by atoms with Gasteiger partial charge in [-0.15, -0.1) is 0 Å². The van der Waals surface area contributed by atoms with Gasteiger partial charge in [-0.05, 0) is 32.6 Å². The van der Waals surface area contributed by atoms with E-state index in [0.29, 0.717) is 6.42 Å². The minimum Gasteiger partial charge on any atom is -0.477 e. The van der Waals surface area contributed by atoms with Crippen molar-refractivity contribution in [2.24, 2.45) is 0 Å². The third kappa shape index (κ3) is 7.74. The molecular formula is C23H42NO6+. The van der Waals surface area contributed by atoms with Crippen LogP contribution >= 0.6 is 0 Å². The van der Waals surface area contributed by atoms with Crippen LogP contribution in [0.15, 0.2) is 12.2 Å². The molecule has 7 heteroatoms. The van der Waals surface area contributed by atoms with Gasteiger partial charge in [-0.1, -0.05) is 52.2 Å². The number of carboxylic acids is 3. The Labute approximate surface area is 181 Å². The summed E-state index contributed by atoms with van der Waals surface area (Å²) in [5.74, 6) is -3.37. The number of carbonyl (C=O) groups is 3. The van der Waals surface area contributed by atoms with Crippen molar-refractivity contribution in [3.05, 3.63) is 12.2 Å². The second-order valence-corrected chi connectivity index (χ2v) is 7.98. The van der Waals surface area contributed by atoms with E-state index in [4.69, 9.17) is 0 Å². The molecule has 3 unspecified atom stereocenters. The Morgan fingerprint density at radius 3 is 1.40 bits per heavy atom. The van der Waals surface area contributed by atoms with E-state index in [1.54, 1.807) is 20.8 Å². The normalized spacial score (nSPS) is 16.7. The lowest BCUT2D eigenvalue weighted by molar-refractivity contribution is -0.973. The molecule has 3 N–H and O–H groups in total. The van der Waals surface area contributed by atoms with Gasteiger partial charge in [0, 0.05) is 19.3 Å². The van der Waals surface area contributed by atoms with Gasteiger partial charge in [0.1, 0.15) is 0 Å². The van der Waals surface area contributed by atoms with E-state index in [0.717, 1.165) is 38.5 Å². The van der Waals surface area contributed by atoms with E-state index in [9.17, 15) is 29.7 Å². The molecule has 0 amide bonds. The first-order valence-corrected chi connectivity index (χ1v) is 11.4. The molecule has 0 saturated carbocycles. The highest BCUT2D eigenvalue weighted by atomic mass is 16.4. The molecule has 0 aromatic heterocycles. The molecule has 0 spiro atoms. The summed E-state index contributed by atoms with van der Waals surface area (Å²) in [6.45, 7) is 7.34. The number of carboxylic acid groups (broad SMARTS) is 3. The first-order chi connectivity index (χ1) is 14.2. The molecule has 174 valence electrons. The second kappa shape index (κ2) is 15.0. The van der Waals surface area contributed by atoms with Crippen LogP contribution in [-0.2, 0) is 14.4 Å². The minimum atomic E-state index is -1.12. The third-order valence-corrected chi connectivity index (χ3v) is 6.16. The summed E-state index contributed by atoms with van der Waals surface area (Å²) in [5, 5.41) is 29.7. The van der Waals surface area contributed by atoms with Crippen LogP contribution in [0.4, 0.5) is 0 Å². The standard InChI is InChI=1S/C23H41NO6/c1-5-9-10-11-12-13-14-15-16-17-24(18(6-2)21(25)26,19(7-3)22(27)28)20(8-4)23(29)30/h5,9,18-20H,6-8,10-17H2,1-4H3,(H2-,25,26,27,28,29,30)/p+1/b9-5+. The van der Waals surface area contributed by atoms with Crippen LogP contribution in [0, 0.1) is 0 Å². The molecule has 0 aliphatic rings. The molecular weight excluding hydrogens is 386 g/mol. The number of hydrogen-bond acceptors (Lipinski definition) is 3. The van der Waals surface area contributed by atoms with E-state index in [2.05, 4.69) is 6.08 Å². The number of nitrogens with zero attached hydrogens (tertiary/aromatic N) is 1. The number of hydrogen-bond donors (Lipinski definition) is 3. The Balaban J connectivity index is 5.60. The molecule has 0 fully saturated rings. The van der Waals surface area contributed by atoms with E-state index in [1.165, 1.54) is 0 Å². The predicted octanol–water partition coefficient (Wildman–Crippen LogP) is 4.70. The summed E-state index contributed by atoms with van der Waals surface area (Å²) in [6.07, 6.45) is 11.6. The number of quaternary nitrogens is 1. The van der Waals surface area contributed by atoms with Crippen LogP contribution in [0.25, 0.3) is 0 Å². The van der Waals surface area contributed by atoms with Gasteiger partial charge in [-0.2, -0.15) is 0 Å². The molecule has 0 bridgehead atoms. The van der Waals surface area contributed by atoms with E-state index < -0.39 is 40.5 Å². The summed E-state index contributed by atoms with van der Waals surface area (Å²) in [5.41, 5.74) is 0. The van der Waals surface area contributed by atoms with Crippen LogP contribution in [0.3, 0.4) is 0 Å². The summed E-state index contributed by atoms with van der Waals surface area (Å²) < 4.78 is -0.412. The van der Waals surface area contributed by atoms with Crippen molar-refractivity contribution in [3.63, 3.8) is 0 Å². The van der Waals surface area contributed by atoms with Crippen molar-refractivity contribution in [2.45, 2.75) is 110 Å². The quantitative estimate of drug-likeness (QED) is 0.166. The van der Waals surface area contributed by atoms with Gasteiger partial charge in [0.2, 0.25) is 0 Å². The second-order valence-electron chi connectivity index (χ2n) is 7.98. The van der Waals surface area contributed by atoms with Crippen molar-refractivity contribution in [1.82, 2.24) is 0 Å². The number of allylic oxidation sites excluding steroid dienone is 2. The fourth-order valence-corrected chi connectivity index (χ4v) is 4.80. The van der Waals surface area contributed by atoms with E-state index in [1.807, 2.05) is 13.0 Å². The van der Waals surface area contributed by atoms with Crippen LogP contribution in [0.5, 0.6) is 0 Å². The molecule has 30 heavy (non-hydrogen) atoms. The average Bonchev–Trinajstić information content (AvgIpc) is 2.67. The topological polar surface area (TPSA) is 112 Å². The highest BCUT2D eigenvalue weighted by Gasteiger charge is 2.55. The lowest BCUT2D eigenvalue weighted by Gasteiger charge is -2.49. The van der Waals surface area contributed by atoms with Gasteiger partial charge in [-0.3, -0.25) is 4.48 Å². The van der Waals surface area contributed by atoms with Gasteiger partial charge >= 0.3 is 17.9 Å². The van der Waals surface area contributed by atoms with Crippen molar-refractivity contribution in [3.8, 4) is 0 Å². The Kier molecular flexibility index (Phi) is 14.0. The Hall–Kier alpha value is -1.89. The number of rotatable bonds is 18. The first-order valence-electron chi connectivity index (χ1n) is 11.4. The summed E-state index contributed by atoms with van der Waals surface area (Å²) >= 11 is 0. The molecule has 0 aliphatic carbocycles. The SMILES string of the molecule is C/C=C/CCCCCCCC[N+](C(CC)C(=O)O)(C(CC)C(=O)O)C(CC)C(=O)O. The fraction of sp³-hybridized carbons (Fsp3) is 0.783. The van der Waals surface area contributed by atoms with Gasteiger partial charge in [0.25, 0.3) is 0 Å². The molecule has 0 aromatic carbocycles. The molecule has 7 nitrogen and oxygen atoms in total. The lowest BCUT2D eigenvalue weighted by Crippen LogP contribution is -2.72. The summed E-state index contributed by atoms with van der Waals surface area (Å²) in [6, 6.07) is -3.19. The molecule has 0 aliphatic heterocycles. The summed E-state index contributed by atoms with van der Waals surface area (Å²) in [7, 11) is 0. The predicted molar refractivity (Wildman–Crippen MR) is 117 cm³/mol. The highest BCUT2D eigenvalue weighted by Crippen LogP contribution is 2.32. The van der Waals surface area contributed by atoms with Crippen molar-refractivity contribution < 1.29 is 34.2 Å². The maximum atomic E-state index is 12.1. The number of unbranched alkanes of at least 4 members (excludes halogenated alkanes) is 6. The van der Waals surface area contributed by atoms with Gasteiger partial charge in [0.15, 0.2) is 18.1 Å². The van der Waals surface area contributed by atoms with Crippen LogP contribution < -0.4 is 0 Å². The monoisotopic (exact) mass is 428 g/mol. The van der Waals surface area contributed by atoms with Crippen LogP contribution in [0.1, 0.15) is 91.9 Å². The Morgan fingerprint density at radius 1 is 0.700 bits per heavy atom. The fourth-order valence-electron chi connectivity index (χ4n) is 4.80. The minimum absolute atomic E-state index is 0.188. The van der Waals surface area contributed by atoms with Gasteiger partial charge in [0.05, 0.1) is 6.54 Å². The zero-order chi connectivity index (χ0) is 23.2. The van der Waals surface area contributed by atoms with Crippen molar-refractivity contribution in [2.75, 3.05) is 6.54 Å². The first kappa shape index (κ1) is 28.1. The largest absolute Gasteiger partial charge is 0.477 e. The van der Waals surface area contributed by atoms with Crippen molar-refractivity contribution >= 4 is 17.9 Å². The maximum Gasteiger partial charge on any atom is 0.362 e. The zero-order valence-corrected chi connectivity index (χ0v) is 19.2. The maximum absolute atomic E-state index is 12.1. The molecule has 0 aromatic rings. The smallest absolute Gasteiger partial charge is 0.362 e. The van der Waals surface area contributed by atoms with Gasteiger partial charge in [-0.25, -0.2) is 14.4 Å². The van der Waals surface area contributed by atoms with Crippen LogP contribution in [-0.4, -0.2) is 62.4 Å². The highest BCUT2D eigenvalue weighted by molar-refractivity contribution is 5.78. The van der Waals surface area contributed by atoms with E-state index in [-0.39, 0.29) is 25.8 Å². The third-order valence-electron chi connectivity index (χ3n) is 6.16. The molecule has 0 heterocycles. The number of aliphatic carboxylic acids is 3. The molecule has 3 atom stereocenters. The molecule has 0 saturated heterocycles. The molecule has 0 radical (unpaired) electrons. The lowest BCUT2D eigenvalue weighted by atomic mass is 9.93. The van der Waals surface area contributed by atoms with Gasteiger partial charge < -0.3 is 15.3 Å². The Morgan fingerprint density at radius 2 is 1.07 bits per heavy atom. The zero-order valence-electron chi connectivity index (χ0n) is 19.2. The average molecular weight is 429 g/mol. The summed E-state index contributed by atoms with van der Waals surface area (Å²) in [4.78, 5) is 36.3. The van der Waals surface area contributed by atoms with Crippen molar-refractivity contribution in [1.29, 1.82) is 0 Å². The van der Waals surface area contributed by atoms with E-state index >= 15 is 0 Å². The Bertz CT molecular complexity index is 505.